The molecule has 0 aliphatic rings. The number of aryl methyl sites for hydroxylation is 1. The van der Waals surface area contributed by atoms with E-state index in [0.717, 1.165) is 16.7 Å². The normalized spacial score (nSPS) is 11.7. The molecule has 0 fully saturated rings. The molecule has 0 bridgehead atoms. The van der Waals surface area contributed by atoms with Crippen molar-refractivity contribution in [1.82, 2.24) is 10.2 Å². The van der Waals surface area contributed by atoms with E-state index in [1.54, 1.807) is 11.0 Å². The molecule has 4 nitrogen and oxygen atoms in total. The highest BCUT2D eigenvalue weighted by Crippen LogP contribution is 2.21. The molecule has 5 heteroatoms. The van der Waals surface area contributed by atoms with Crippen LogP contribution in [0.1, 0.15) is 37.0 Å². The van der Waals surface area contributed by atoms with Crippen LogP contribution in [0.3, 0.4) is 0 Å². The molecule has 144 valence electrons. The number of benzene rings is 2. The molecule has 0 aliphatic carbocycles. The number of nitrogens with zero attached hydrogens (tertiary/aromatic N) is 1. The van der Waals surface area contributed by atoms with E-state index in [4.69, 9.17) is 11.6 Å². The molecule has 0 aromatic heterocycles. The van der Waals surface area contributed by atoms with Crippen LogP contribution < -0.4 is 5.32 Å². The summed E-state index contributed by atoms with van der Waals surface area (Å²) in [7, 11) is 0. The molecule has 2 rings (SSSR count). The summed E-state index contributed by atoms with van der Waals surface area (Å²) in [6, 6.07) is 14.7. The number of hydrogen-bond acceptors (Lipinski definition) is 2. The number of rotatable bonds is 8. The van der Waals surface area contributed by atoms with E-state index < -0.39 is 6.04 Å². The van der Waals surface area contributed by atoms with Crippen LogP contribution >= 0.6 is 11.6 Å². The number of nitrogens with one attached hydrogen (secondary N) is 1. The van der Waals surface area contributed by atoms with Crippen LogP contribution in [0.25, 0.3) is 0 Å². The maximum atomic E-state index is 13.2. The summed E-state index contributed by atoms with van der Waals surface area (Å²) in [5.74, 6) is -0.215. The maximum absolute atomic E-state index is 13.2. The van der Waals surface area contributed by atoms with E-state index in [9.17, 15) is 9.59 Å². The summed E-state index contributed by atoms with van der Waals surface area (Å²) in [6.07, 6.45) is 0.794. The minimum absolute atomic E-state index is 0.0812. The zero-order valence-corrected chi connectivity index (χ0v) is 16.9. The third-order valence-corrected chi connectivity index (χ3v) is 5.01. The molecule has 2 amide bonds. The first-order valence-electron chi connectivity index (χ1n) is 9.33. The molecule has 0 heterocycles. The summed E-state index contributed by atoms with van der Waals surface area (Å²) >= 11 is 6.31. The summed E-state index contributed by atoms with van der Waals surface area (Å²) in [4.78, 5) is 27.4. The molecule has 0 radical (unpaired) electrons. The first-order chi connectivity index (χ1) is 13.0. The zero-order chi connectivity index (χ0) is 19.8. The van der Waals surface area contributed by atoms with E-state index in [2.05, 4.69) is 5.32 Å². The van der Waals surface area contributed by atoms with Gasteiger partial charge in [0, 0.05) is 18.1 Å². The second kappa shape index (κ2) is 10.1. The highest BCUT2D eigenvalue weighted by atomic mass is 35.5. The van der Waals surface area contributed by atoms with Gasteiger partial charge in [-0.1, -0.05) is 61.0 Å². The Hall–Kier alpha value is -2.33. The lowest BCUT2D eigenvalue weighted by molar-refractivity contribution is -0.140. The summed E-state index contributed by atoms with van der Waals surface area (Å²) < 4.78 is 0. The van der Waals surface area contributed by atoms with Crippen molar-refractivity contribution < 1.29 is 9.59 Å². The fourth-order valence-corrected chi connectivity index (χ4v) is 3.29. The molecule has 0 aliphatic heterocycles. The molecule has 1 atom stereocenters. The maximum Gasteiger partial charge on any atom is 0.242 e. The van der Waals surface area contributed by atoms with E-state index in [0.29, 0.717) is 24.5 Å². The van der Waals surface area contributed by atoms with E-state index in [1.807, 2.05) is 63.2 Å². The summed E-state index contributed by atoms with van der Waals surface area (Å²) in [5, 5.41) is 3.44. The van der Waals surface area contributed by atoms with Gasteiger partial charge in [-0.25, -0.2) is 0 Å². The van der Waals surface area contributed by atoms with Gasteiger partial charge in [-0.05, 0) is 43.0 Å². The van der Waals surface area contributed by atoms with Crippen molar-refractivity contribution in [1.29, 1.82) is 0 Å². The number of carbonyl (C=O) groups is 2. The average Bonchev–Trinajstić information content (AvgIpc) is 2.65. The lowest BCUT2D eigenvalue weighted by Crippen LogP contribution is -2.49. The first-order valence-corrected chi connectivity index (χ1v) is 9.70. The monoisotopic (exact) mass is 386 g/mol. The fourth-order valence-electron chi connectivity index (χ4n) is 3.09. The standard InChI is InChI=1S/C22H27ClN2O2/c1-4-20(22(27)24-5-2)25(15-18-12-8-9-13-19(18)23)21(26)14-17-11-7-6-10-16(17)3/h6-13,20H,4-5,14-15H2,1-3H3,(H,24,27). The predicted molar refractivity (Wildman–Crippen MR) is 110 cm³/mol. The van der Waals surface area contributed by atoms with Crippen LogP contribution in [0.5, 0.6) is 0 Å². The Morgan fingerprint density at radius 1 is 1.04 bits per heavy atom. The van der Waals surface area contributed by atoms with E-state index in [-0.39, 0.29) is 18.2 Å². The molecule has 27 heavy (non-hydrogen) atoms. The average molecular weight is 387 g/mol. The SMILES string of the molecule is CCNC(=O)C(CC)N(Cc1ccccc1Cl)C(=O)Cc1ccccc1C. The van der Waals surface area contributed by atoms with Gasteiger partial charge >= 0.3 is 0 Å². The Kier molecular flexibility index (Phi) is 7.86. The number of hydrogen-bond donors (Lipinski definition) is 1. The smallest absolute Gasteiger partial charge is 0.242 e. The number of carbonyl (C=O) groups excluding carboxylic acids is 2. The second-order valence-corrected chi connectivity index (χ2v) is 6.94. The van der Waals surface area contributed by atoms with Crippen molar-refractivity contribution in [3.8, 4) is 0 Å². The Balaban J connectivity index is 2.32. The van der Waals surface area contributed by atoms with Crippen LogP contribution in [-0.4, -0.2) is 29.3 Å². The number of amides is 2. The van der Waals surface area contributed by atoms with E-state index in [1.165, 1.54) is 0 Å². The highest BCUT2D eigenvalue weighted by Gasteiger charge is 2.28. The first kappa shape index (κ1) is 21.0. The molecule has 2 aromatic carbocycles. The van der Waals surface area contributed by atoms with Crippen LogP contribution in [0, 0.1) is 6.92 Å². The topological polar surface area (TPSA) is 49.4 Å². The molecule has 2 aromatic rings. The van der Waals surface area contributed by atoms with E-state index >= 15 is 0 Å². The lowest BCUT2D eigenvalue weighted by atomic mass is 10.0. The number of likely N-dealkylation sites (N-methyl/N-ethyl adjacent to an activating group) is 1. The largest absolute Gasteiger partial charge is 0.355 e. The minimum atomic E-state index is -0.530. The van der Waals surface area contributed by atoms with Gasteiger partial charge in [-0.3, -0.25) is 9.59 Å². The number of halogens is 1. The van der Waals surface area contributed by atoms with Gasteiger partial charge in [0.2, 0.25) is 11.8 Å². The lowest BCUT2D eigenvalue weighted by Gasteiger charge is -2.31. The van der Waals surface area contributed by atoms with Gasteiger partial charge in [0.15, 0.2) is 0 Å². The van der Waals surface area contributed by atoms with Crippen LogP contribution in [0.2, 0.25) is 5.02 Å². The van der Waals surface area contributed by atoms with Gasteiger partial charge in [0.1, 0.15) is 6.04 Å². The van der Waals surface area contributed by atoms with Crippen LogP contribution in [-0.2, 0) is 22.6 Å². The minimum Gasteiger partial charge on any atom is -0.355 e. The Labute approximate surface area is 166 Å². The van der Waals surface area contributed by atoms with Crippen molar-refractivity contribution >= 4 is 23.4 Å². The van der Waals surface area contributed by atoms with Crippen molar-refractivity contribution in [2.75, 3.05) is 6.54 Å². The summed E-state index contributed by atoms with van der Waals surface area (Å²) in [5.41, 5.74) is 2.87. The van der Waals surface area contributed by atoms with Crippen molar-refractivity contribution in [2.45, 2.75) is 46.2 Å². The zero-order valence-electron chi connectivity index (χ0n) is 16.2. The van der Waals surface area contributed by atoms with Gasteiger partial charge in [0.25, 0.3) is 0 Å². The fraction of sp³-hybridized carbons (Fsp3) is 0.364. The molecule has 0 saturated carbocycles. The summed E-state index contributed by atoms with van der Waals surface area (Å²) in [6.45, 7) is 6.61. The third kappa shape index (κ3) is 5.57. The Morgan fingerprint density at radius 2 is 1.67 bits per heavy atom. The predicted octanol–water partition coefficient (Wildman–Crippen LogP) is 4.13. The van der Waals surface area contributed by atoms with Crippen molar-refractivity contribution in [3.05, 3.63) is 70.2 Å². The Bertz CT molecular complexity index is 791. The second-order valence-electron chi connectivity index (χ2n) is 6.53. The van der Waals surface area contributed by atoms with Crippen molar-refractivity contribution in [2.24, 2.45) is 0 Å². The molecule has 1 unspecified atom stereocenters. The highest BCUT2D eigenvalue weighted by molar-refractivity contribution is 6.31. The molecular weight excluding hydrogens is 360 g/mol. The van der Waals surface area contributed by atoms with Gasteiger partial charge in [0.05, 0.1) is 6.42 Å². The van der Waals surface area contributed by atoms with Crippen molar-refractivity contribution in [3.63, 3.8) is 0 Å². The van der Waals surface area contributed by atoms with Crippen LogP contribution in [0.15, 0.2) is 48.5 Å². The van der Waals surface area contributed by atoms with Gasteiger partial charge in [-0.15, -0.1) is 0 Å². The molecule has 0 spiro atoms. The van der Waals surface area contributed by atoms with Gasteiger partial charge < -0.3 is 10.2 Å². The van der Waals surface area contributed by atoms with Gasteiger partial charge in [-0.2, -0.15) is 0 Å². The molecule has 0 saturated heterocycles. The quantitative estimate of drug-likeness (QED) is 0.741. The Morgan fingerprint density at radius 3 is 2.26 bits per heavy atom. The van der Waals surface area contributed by atoms with Crippen LogP contribution in [0.4, 0.5) is 0 Å². The molecular formula is C22H27ClN2O2. The molecule has 1 N–H and O–H groups in total. The third-order valence-electron chi connectivity index (χ3n) is 4.64.